The molecular formula is C25H27N3O. The summed E-state index contributed by atoms with van der Waals surface area (Å²) in [5.41, 5.74) is 5.61. The second-order valence-electron chi connectivity index (χ2n) is 8.17. The molecule has 29 heavy (non-hydrogen) atoms. The highest BCUT2D eigenvalue weighted by Crippen LogP contribution is 2.24. The first kappa shape index (κ1) is 19.2. The van der Waals surface area contributed by atoms with Gasteiger partial charge >= 0.3 is 0 Å². The second kappa shape index (κ2) is 7.70. The molecule has 2 heterocycles. The van der Waals surface area contributed by atoms with Crippen molar-refractivity contribution in [2.75, 3.05) is 0 Å². The predicted molar refractivity (Wildman–Crippen MR) is 119 cm³/mol. The molecule has 0 aliphatic carbocycles. The second-order valence-corrected chi connectivity index (χ2v) is 8.17. The largest absolute Gasteiger partial charge is 0.346 e. The molecule has 0 fully saturated rings. The minimum atomic E-state index is -0.0248. The van der Waals surface area contributed by atoms with Crippen molar-refractivity contribution in [2.24, 2.45) is 13.0 Å². The van der Waals surface area contributed by atoms with Gasteiger partial charge in [-0.25, -0.2) is 4.68 Å². The Morgan fingerprint density at radius 3 is 2.28 bits per heavy atom. The Labute approximate surface area is 171 Å². The molecule has 0 saturated carbocycles. The summed E-state index contributed by atoms with van der Waals surface area (Å²) in [6.07, 6.45) is 2.96. The van der Waals surface area contributed by atoms with Crippen LogP contribution in [-0.4, -0.2) is 14.3 Å². The lowest BCUT2D eigenvalue weighted by molar-refractivity contribution is 0.605. The molecule has 0 aliphatic heterocycles. The van der Waals surface area contributed by atoms with Gasteiger partial charge < -0.3 is 4.57 Å². The number of aryl methyl sites for hydroxylation is 2. The van der Waals surface area contributed by atoms with Crippen LogP contribution < -0.4 is 5.56 Å². The van der Waals surface area contributed by atoms with Gasteiger partial charge in [0, 0.05) is 30.9 Å². The van der Waals surface area contributed by atoms with E-state index in [-0.39, 0.29) is 5.56 Å². The average molecular weight is 386 g/mol. The molecule has 0 radical (unpaired) electrons. The average Bonchev–Trinajstić information content (AvgIpc) is 3.03. The molecule has 0 spiro atoms. The lowest BCUT2D eigenvalue weighted by Crippen LogP contribution is -2.22. The first-order chi connectivity index (χ1) is 13.9. The summed E-state index contributed by atoms with van der Waals surface area (Å²) < 4.78 is 3.65. The molecule has 0 saturated heterocycles. The Morgan fingerprint density at radius 1 is 0.966 bits per heavy atom. The standard InChI is InChI=1S/C25H27N3O/c1-17(2)14-23-22-16-28(18(3)24(22)25(29)27(4)26-23)15-19-10-12-21(13-11-19)20-8-6-5-7-9-20/h5-13,16-17H,14-15H2,1-4H3. The molecule has 0 amide bonds. The van der Waals surface area contributed by atoms with Crippen molar-refractivity contribution in [1.29, 1.82) is 0 Å². The number of hydrogen-bond acceptors (Lipinski definition) is 2. The maximum Gasteiger partial charge on any atom is 0.276 e. The van der Waals surface area contributed by atoms with Crippen LogP contribution in [0.5, 0.6) is 0 Å². The molecule has 4 heteroatoms. The van der Waals surface area contributed by atoms with Gasteiger partial charge in [0.15, 0.2) is 0 Å². The molecule has 4 rings (SSSR count). The zero-order chi connectivity index (χ0) is 20.5. The molecular weight excluding hydrogens is 358 g/mol. The van der Waals surface area contributed by atoms with Gasteiger partial charge in [0.05, 0.1) is 11.1 Å². The van der Waals surface area contributed by atoms with Crippen LogP contribution in [0.1, 0.15) is 30.8 Å². The van der Waals surface area contributed by atoms with Crippen LogP contribution >= 0.6 is 0 Å². The SMILES string of the molecule is Cc1c2c(=O)n(C)nc(CC(C)C)c2cn1Cc1ccc(-c2ccccc2)cc1. The molecule has 2 aromatic carbocycles. The Balaban J connectivity index is 1.70. The van der Waals surface area contributed by atoms with E-state index in [1.54, 1.807) is 7.05 Å². The number of nitrogens with zero attached hydrogens (tertiary/aromatic N) is 3. The monoisotopic (exact) mass is 385 g/mol. The Morgan fingerprint density at radius 2 is 1.62 bits per heavy atom. The zero-order valence-electron chi connectivity index (χ0n) is 17.5. The smallest absolute Gasteiger partial charge is 0.276 e. The summed E-state index contributed by atoms with van der Waals surface area (Å²) in [7, 11) is 1.74. The summed E-state index contributed by atoms with van der Waals surface area (Å²) in [6, 6.07) is 19.0. The quantitative estimate of drug-likeness (QED) is 0.487. The van der Waals surface area contributed by atoms with Gasteiger partial charge in [0.1, 0.15) is 0 Å². The van der Waals surface area contributed by atoms with E-state index in [1.165, 1.54) is 21.4 Å². The molecule has 4 aromatic rings. The van der Waals surface area contributed by atoms with E-state index >= 15 is 0 Å². The summed E-state index contributed by atoms with van der Waals surface area (Å²) >= 11 is 0. The van der Waals surface area contributed by atoms with E-state index in [4.69, 9.17) is 0 Å². The zero-order valence-corrected chi connectivity index (χ0v) is 17.5. The summed E-state index contributed by atoms with van der Waals surface area (Å²) in [6.45, 7) is 7.12. The van der Waals surface area contributed by atoms with Crippen molar-refractivity contribution < 1.29 is 0 Å². The molecule has 0 bridgehead atoms. The fourth-order valence-electron chi connectivity index (χ4n) is 3.92. The highest BCUT2D eigenvalue weighted by Gasteiger charge is 2.16. The van der Waals surface area contributed by atoms with Crippen LogP contribution in [0.3, 0.4) is 0 Å². The summed E-state index contributed by atoms with van der Waals surface area (Å²) in [5, 5.41) is 6.32. The van der Waals surface area contributed by atoms with Gasteiger partial charge in [-0.1, -0.05) is 68.4 Å². The molecule has 0 N–H and O–H groups in total. The van der Waals surface area contributed by atoms with E-state index in [0.29, 0.717) is 5.92 Å². The molecule has 0 unspecified atom stereocenters. The first-order valence-electron chi connectivity index (χ1n) is 10.1. The predicted octanol–water partition coefficient (Wildman–Crippen LogP) is 4.96. The van der Waals surface area contributed by atoms with Crippen LogP contribution in [0.15, 0.2) is 65.6 Å². The third kappa shape index (κ3) is 3.75. The van der Waals surface area contributed by atoms with Crippen LogP contribution in [-0.2, 0) is 20.0 Å². The Bertz CT molecular complexity index is 1200. The van der Waals surface area contributed by atoms with Gasteiger partial charge in [0.2, 0.25) is 0 Å². The van der Waals surface area contributed by atoms with E-state index in [1.807, 2.05) is 13.0 Å². The van der Waals surface area contributed by atoms with Gasteiger partial charge in [-0.2, -0.15) is 5.10 Å². The Hall–Kier alpha value is -3.14. The van der Waals surface area contributed by atoms with Crippen molar-refractivity contribution in [3.63, 3.8) is 0 Å². The number of aromatic nitrogens is 3. The van der Waals surface area contributed by atoms with Crippen LogP contribution in [0, 0.1) is 12.8 Å². The molecule has 4 nitrogen and oxygen atoms in total. The van der Waals surface area contributed by atoms with E-state index in [0.717, 1.165) is 35.1 Å². The fraction of sp³-hybridized carbons (Fsp3) is 0.280. The van der Waals surface area contributed by atoms with E-state index in [9.17, 15) is 4.79 Å². The van der Waals surface area contributed by atoms with Gasteiger partial charge in [-0.3, -0.25) is 4.79 Å². The summed E-state index contributed by atoms with van der Waals surface area (Å²) in [4.78, 5) is 12.7. The molecule has 0 atom stereocenters. The third-order valence-corrected chi connectivity index (χ3v) is 5.45. The van der Waals surface area contributed by atoms with Crippen molar-refractivity contribution in [3.05, 3.63) is 88.1 Å². The van der Waals surface area contributed by atoms with E-state index < -0.39 is 0 Å². The maximum absolute atomic E-state index is 12.7. The number of benzene rings is 2. The molecule has 148 valence electrons. The van der Waals surface area contributed by atoms with Gasteiger partial charge in [0.25, 0.3) is 5.56 Å². The van der Waals surface area contributed by atoms with Crippen LogP contribution in [0.2, 0.25) is 0 Å². The topological polar surface area (TPSA) is 39.8 Å². The Kier molecular flexibility index (Phi) is 5.10. The lowest BCUT2D eigenvalue weighted by Gasteiger charge is -2.08. The maximum atomic E-state index is 12.7. The van der Waals surface area contributed by atoms with Crippen molar-refractivity contribution in [3.8, 4) is 11.1 Å². The highest BCUT2D eigenvalue weighted by molar-refractivity contribution is 5.86. The number of hydrogen-bond donors (Lipinski definition) is 0. The van der Waals surface area contributed by atoms with E-state index in [2.05, 4.69) is 78.2 Å². The number of rotatable bonds is 5. The van der Waals surface area contributed by atoms with Crippen molar-refractivity contribution in [1.82, 2.24) is 14.3 Å². The lowest BCUT2D eigenvalue weighted by atomic mass is 10.0. The van der Waals surface area contributed by atoms with Gasteiger partial charge in [-0.15, -0.1) is 0 Å². The minimum absolute atomic E-state index is 0.0248. The normalized spacial score (nSPS) is 11.5. The molecule has 2 aromatic heterocycles. The third-order valence-electron chi connectivity index (χ3n) is 5.45. The van der Waals surface area contributed by atoms with Gasteiger partial charge in [-0.05, 0) is 36.0 Å². The van der Waals surface area contributed by atoms with Crippen LogP contribution in [0.4, 0.5) is 0 Å². The first-order valence-corrected chi connectivity index (χ1v) is 10.1. The summed E-state index contributed by atoms with van der Waals surface area (Å²) in [5.74, 6) is 0.484. The van der Waals surface area contributed by atoms with Crippen molar-refractivity contribution >= 4 is 10.8 Å². The fourth-order valence-corrected chi connectivity index (χ4v) is 3.92. The van der Waals surface area contributed by atoms with Crippen LogP contribution in [0.25, 0.3) is 21.9 Å². The highest BCUT2D eigenvalue weighted by atomic mass is 16.1. The number of fused-ring (bicyclic) bond motifs is 1. The minimum Gasteiger partial charge on any atom is -0.346 e. The van der Waals surface area contributed by atoms with Crippen molar-refractivity contribution in [2.45, 2.75) is 33.7 Å². The molecule has 0 aliphatic rings.